The number of carbonyl (C=O) groups excluding carboxylic acids is 1. The molecule has 1 aliphatic heterocycles. The predicted octanol–water partition coefficient (Wildman–Crippen LogP) is 0.700. The van der Waals surface area contributed by atoms with Crippen LogP contribution in [0.1, 0.15) is 24.9 Å². The first-order valence-electron chi connectivity index (χ1n) is 8.25. The Labute approximate surface area is 145 Å². The van der Waals surface area contributed by atoms with Gasteiger partial charge in [-0.05, 0) is 13.3 Å². The van der Waals surface area contributed by atoms with Gasteiger partial charge in [0.25, 0.3) is 0 Å². The van der Waals surface area contributed by atoms with Crippen LogP contribution < -0.4 is 0 Å². The second kappa shape index (κ2) is 7.64. The van der Waals surface area contributed by atoms with Gasteiger partial charge < -0.3 is 4.90 Å². The Balaban J connectivity index is 1.62. The fourth-order valence-electron chi connectivity index (χ4n) is 3.21. The van der Waals surface area contributed by atoms with Gasteiger partial charge in [-0.15, -0.1) is 0 Å². The molecule has 2 aromatic rings. The fourth-order valence-corrected chi connectivity index (χ4v) is 3.21. The third kappa shape index (κ3) is 4.16. The van der Waals surface area contributed by atoms with Crippen molar-refractivity contribution in [2.45, 2.75) is 38.1 Å². The number of alkyl halides is 1. The first-order valence-corrected chi connectivity index (χ1v) is 8.25. The summed E-state index contributed by atoms with van der Waals surface area (Å²) in [7, 11) is 1.74. The highest BCUT2D eigenvalue weighted by Crippen LogP contribution is 2.23. The van der Waals surface area contributed by atoms with Crippen molar-refractivity contribution in [2.24, 2.45) is 0 Å². The van der Waals surface area contributed by atoms with E-state index in [1.54, 1.807) is 31.3 Å². The van der Waals surface area contributed by atoms with E-state index in [1.165, 1.54) is 23.7 Å². The number of likely N-dealkylation sites (N-methyl/N-ethyl adjacent to an activating group) is 1. The van der Waals surface area contributed by atoms with Crippen LogP contribution in [0, 0.1) is 0 Å². The molecule has 1 saturated heterocycles. The molecular formula is C16H22FN7O. The number of halogens is 1. The molecule has 0 aromatic carbocycles. The van der Waals surface area contributed by atoms with E-state index in [1.807, 2.05) is 4.90 Å². The van der Waals surface area contributed by atoms with Crippen molar-refractivity contribution in [3.8, 4) is 0 Å². The Bertz CT molecular complexity index is 681. The summed E-state index contributed by atoms with van der Waals surface area (Å²) in [6, 6.07) is -0.474. The zero-order valence-corrected chi connectivity index (χ0v) is 14.4. The number of hydrogen-bond donors (Lipinski definition) is 0. The second-order valence-electron chi connectivity index (χ2n) is 6.43. The van der Waals surface area contributed by atoms with Gasteiger partial charge >= 0.3 is 0 Å². The summed E-state index contributed by atoms with van der Waals surface area (Å²) in [6.45, 7) is 3.18. The molecule has 3 atom stereocenters. The predicted molar refractivity (Wildman–Crippen MR) is 88.1 cm³/mol. The molecule has 3 rings (SSSR count). The van der Waals surface area contributed by atoms with Crippen molar-refractivity contribution in [1.29, 1.82) is 0 Å². The van der Waals surface area contributed by atoms with Crippen LogP contribution in [0.25, 0.3) is 0 Å². The van der Waals surface area contributed by atoms with Crippen molar-refractivity contribution in [3.63, 3.8) is 0 Å². The van der Waals surface area contributed by atoms with Gasteiger partial charge in [-0.1, -0.05) is 0 Å². The Morgan fingerprint density at radius 2 is 2.12 bits per heavy atom. The lowest BCUT2D eigenvalue weighted by atomic mass is 10.1. The van der Waals surface area contributed by atoms with Crippen molar-refractivity contribution < 1.29 is 9.18 Å². The highest BCUT2D eigenvalue weighted by atomic mass is 19.1. The molecule has 25 heavy (non-hydrogen) atoms. The molecule has 134 valence electrons. The molecule has 0 bridgehead atoms. The maximum absolute atomic E-state index is 14.0. The third-order valence-corrected chi connectivity index (χ3v) is 4.53. The van der Waals surface area contributed by atoms with E-state index in [-0.39, 0.29) is 11.9 Å². The Morgan fingerprint density at radius 1 is 1.36 bits per heavy atom. The van der Waals surface area contributed by atoms with E-state index < -0.39 is 12.2 Å². The molecule has 1 aliphatic rings. The standard InChI is InChI=1S/C16H22FN7O/c1-12(24-11-20-10-21-24)16(25)22(2)8-15-3-14(17)7-23(15)6-13-4-18-9-19-5-13/h4-5,9-12,14-15H,3,6-8H2,1-2H3/t12?,14-,15-/m0/s1. The van der Waals surface area contributed by atoms with Gasteiger partial charge in [-0.2, -0.15) is 5.10 Å². The fraction of sp³-hybridized carbons (Fsp3) is 0.562. The lowest BCUT2D eigenvalue weighted by molar-refractivity contribution is -0.133. The summed E-state index contributed by atoms with van der Waals surface area (Å²) in [5.41, 5.74) is 0.937. The number of likely N-dealkylation sites (tertiary alicyclic amines) is 1. The number of carbonyl (C=O) groups is 1. The smallest absolute Gasteiger partial charge is 0.247 e. The molecule has 2 aromatic heterocycles. The molecule has 8 nitrogen and oxygen atoms in total. The lowest BCUT2D eigenvalue weighted by Gasteiger charge is -2.29. The molecule has 1 amide bonds. The minimum atomic E-state index is -0.883. The largest absolute Gasteiger partial charge is 0.342 e. The van der Waals surface area contributed by atoms with Crippen molar-refractivity contribution in [1.82, 2.24) is 34.5 Å². The zero-order valence-electron chi connectivity index (χ0n) is 14.4. The van der Waals surface area contributed by atoms with Crippen LogP contribution in [0.15, 0.2) is 31.4 Å². The Hall–Kier alpha value is -2.42. The monoisotopic (exact) mass is 347 g/mol. The van der Waals surface area contributed by atoms with Gasteiger partial charge in [0.1, 0.15) is 31.2 Å². The van der Waals surface area contributed by atoms with Gasteiger partial charge in [0, 0.05) is 50.7 Å². The summed E-state index contributed by atoms with van der Waals surface area (Å²) >= 11 is 0. The molecular weight excluding hydrogens is 325 g/mol. The molecule has 3 heterocycles. The van der Waals surface area contributed by atoms with Gasteiger partial charge in [0.05, 0.1) is 0 Å². The SMILES string of the molecule is CC(C(=O)N(C)C[C@@H]1C[C@H](F)CN1Cc1cncnc1)n1cncn1. The minimum Gasteiger partial charge on any atom is -0.342 e. The second-order valence-corrected chi connectivity index (χ2v) is 6.43. The van der Waals surface area contributed by atoms with Crippen LogP contribution in [-0.2, 0) is 11.3 Å². The van der Waals surface area contributed by atoms with E-state index in [2.05, 4.69) is 20.1 Å². The number of nitrogens with zero attached hydrogens (tertiary/aromatic N) is 7. The van der Waals surface area contributed by atoms with Gasteiger partial charge in [0.15, 0.2) is 0 Å². The summed E-state index contributed by atoms with van der Waals surface area (Å²) in [4.78, 5) is 28.1. The average molecular weight is 347 g/mol. The molecule has 9 heteroatoms. The van der Waals surface area contributed by atoms with E-state index in [9.17, 15) is 9.18 Å². The van der Waals surface area contributed by atoms with Crippen LogP contribution in [0.5, 0.6) is 0 Å². The maximum Gasteiger partial charge on any atom is 0.247 e. The number of hydrogen-bond acceptors (Lipinski definition) is 6. The number of rotatable bonds is 6. The summed E-state index contributed by atoms with van der Waals surface area (Å²) in [5, 5.41) is 4.01. The number of aromatic nitrogens is 5. The summed E-state index contributed by atoms with van der Waals surface area (Å²) in [5.74, 6) is -0.0733. The van der Waals surface area contributed by atoms with Crippen LogP contribution in [0.3, 0.4) is 0 Å². The van der Waals surface area contributed by atoms with Gasteiger partial charge in [-0.25, -0.2) is 24.0 Å². The van der Waals surface area contributed by atoms with Crippen molar-refractivity contribution >= 4 is 5.91 Å². The lowest BCUT2D eigenvalue weighted by Crippen LogP contribution is -2.43. The van der Waals surface area contributed by atoms with E-state index in [0.717, 1.165) is 5.56 Å². The highest BCUT2D eigenvalue weighted by Gasteiger charge is 2.34. The zero-order chi connectivity index (χ0) is 17.8. The van der Waals surface area contributed by atoms with Crippen LogP contribution >= 0.6 is 0 Å². The van der Waals surface area contributed by atoms with E-state index in [0.29, 0.717) is 26.1 Å². The average Bonchev–Trinajstić information content (AvgIpc) is 3.25. The molecule has 0 N–H and O–H groups in total. The first kappa shape index (κ1) is 17.4. The van der Waals surface area contributed by atoms with Crippen LogP contribution in [0.2, 0.25) is 0 Å². The molecule has 0 aliphatic carbocycles. The summed E-state index contributed by atoms with van der Waals surface area (Å²) in [6.07, 6.45) is 7.40. The molecule has 1 fully saturated rings. The van der Waals surface area contributed by atoms with Gasteiger partial charge in [0.2, 0.25) is 5.91 Å². The molecule has 0 saturated carbocycles. The Morgan fingerprint density at radius 3 is 2.80 bits per heavy atom. The minimum absolute atomic E-state index is 0.0351. The normalized spacial score (nSPS) is 22.0. The third-order valence-electron chi connectivity index (χ3n) is 4.53. The Kier molecular flexibility index (Phi) is 5.32. The molecule has 0 radical (unpaired) electrons. The molecule has 0 spiro atoms. The first-order chi connectivity index (χ1) is 12.0. The number of amides is 1. The van der Waals surface area contributed by atoms with E-state index in [4.69, 9.17) is 0 Å². The maximum atomic E-state index is 14.0. The summed E-state index contributed by atoms with van der Waals surface area (Å²) < 4.78 is 15.5. The van der Waals surface area contributed by atoms with Gasteiger partial charge in [-0.3, -0.25) is 9.69 Å². The quantitative estimate of drug-likeness (QED) is 0.765. The van der Waals surface area contributed by atoms with Crippen LogP contribution in [-0.4, -0.2) is 72.8 Å². The van der Waals surface area contributed by atoms with Crippen molar-refractivity contribution in [2.75, 3.05) is 20.1 Å². The van der Waals surface area contributed by atoms with E-state index >= 15 is 0 Å². The van der Waals surface area contributed by atoms with Crippen molar-refractivity contribution in [3.05, 3.63) is 36.9 Å². The van der Waals surface area contributed by atoms with Crippen LogP contribution in [0.4, 0.5) is 4.39 Å². The highest BCUT2D eigenvalue weighted by molar-refractivity contribution is 5.79. The molecule has 1 unspecified atom stereocenters. The topological polar surface area (TPSA) is 80.0 Å².